The molecule has 0 atom stereocenters. The fraction of sp³-hybridized carbons (Fsp3) is 0.158. The number of nitrogens with zero attached hydrogens (tertiary/aromatic N) is 2. The van der Waals surface area contributed by atoms with E-state index in [0.29, 0.717) is 5.95 Å². The molecule has 0 radical (unpaired) electrons. The first-order valence-corrected chi connectivity index (χ1v) is 7.92. The number of aromatic nitrogens is 2. The van der Waals surface area contributed by atoms with Crippen molar-refractivity contribution in [2.75, 3.05) is 17.3 Å². The smallest absolute Gasteiger partial charge is 0.235 e. The number of anilines is 1. The van der Waals surface area contributed by atoms with Crippen molar-refractivity contribution in [1.82, 2.24) is 9.66 Å². The summed E-state index contributed by atoms with van der Waals surface area (Å²) < 4.78 is 1.63. The summed E-state index contributed by atoms with van der Waals surface area (Å²) in [5, 5.41) is 3.29. The van der Waals surface area contributed by atoms with Gasteiger partial charge in [-0.15, -0.1) is 0 Å². The predicted octanol–water partition coefficient (Wildman–Crippen LogP) is 3.29. The molecule has 0 fully saturated rings. The Morgan fingerprint density at radius 1 is 1.04 bits per heavy atom. The highest BCUT2D eigenvalue weighted by atomic mass is 16.2. The van der Waals surface area contributed by atoms with E-state index in [1.54, 1.807) is 4.68 Å². The second-order valence-electron chi connectivity index (χ2n) is 5.52. The van der Waals surface area contributed by atoms with E-state index in [2.05, 4.69) is 27.9 Å². The maximum absolute atomic E-state index is 11.4. The van der Waals surface area contributed by atoms with Gasteiger partial charge in [-0.3, -0.25) is 10.2 Å². The highest BCUT2D eigenvalue weighted by molar-refractivity contribution is 5.81. The molecule has 0 saturated carbocycles. The Kier molecular flexibility index (Phi) is 4.91. The van der Waals surface area contributed by atoms with Crippen LogP contribution in [-0.4, -0.2) is 22.1 Å². The molecule has 0 saturated heterocycles. The molecule has 0 aliphatic rings. The zero-order valence-corrected chi connectivity index (χ0v) is 13.6. The van der Waals surface area contributed by atoms with E-state index in [0.717, 1.165) is 24.2 Å². The van der Waals surface area contributed by atoms with Crippen LogP contribution in [0.2, 0.25) is 0 Å². The maximum Gasteiger partial charge on any atom is 0.235 e. The molecule has 2 N–H and O–H groups in total. The van der Waals surface area contributed by atoms with Crippen LogP contribution in [0.1, 0.15) is 12.5 Å². The topological polar surface area (TPSA) is 59.0 Å². The van der Waals surface area contributed by atoms with Crippen LogP contribution in [0.25, 0.3) is 11.3 Å². The third-order valence-electron chi connectivity index (χ3n) is 3.59. The molecule has 122 valence electrons. The highest BCUT2D eigenvalue weighted by Gasteiger charge is 2.10. The molecule has 0 aliphatic heterocycles. The van der Waals surface area contributed by atoms with Crippen molar-refractivity contribution in [1.29, 1.82) is 0 Å². The minimum atomic E-state index is -0.141. The molecule has 0 spiro atoms. The van der Waals surface area contributed by atoms with Crippen LogP contribution in [0.3, 0.4) is 0 Å². The van der Waals surface area contributed by atoms with Crippen molar-refractivity contribution in [3.05, 3.63) is 72.4 Å². The fourth-order valence-corrected chi connectivity index (χ4v) is 2.47. The number of imidazole rings is 1. The van der Waals surface area contributed by atoms with E-state index in [1.807, 2.05) is 54.7 Å². The summed E-state index contributed by atoms with van der Waals surface area (Å²) in [5.41, 5.74) is 5.84. The third kappa shape index (κ3) is 4.01. The van der Waals surface area contributed by atoms with Crippen molar-refractivity contribution in [2.24, 2.45) is 0 Å². The van der Waals surface area contributed by atoms with Gasteiger partial charge < -0.3 is 5.32 Å². The second kappa shape index (κ2) is 7.46. The van der Waals surface area contributed by atoms with Crippen molar-refractivity contribution in [2.45, 2.75) is 13.3 Å². The summed E-state index contributed by atoms with van der Waals surface area (Å²) in [6.45, 7) is 2.21. The van der Waals surface area contributed by atoms with Crippen molar-refractivity contribution >= 4 is 11.9 Å². The van der Waals surface area contributed by atoms with Gasteiger partial charge >= 0.3 is 0 Å². The van der Waals surface area contributed by atoms with Crippen LogP contribution in [0.5, 0.6) is 0 Å². The van der Waals surface area contributed by atoms with Gasteiger partial charge in [0, 0.05) is 19.0 Å². The van der Waals surface area contributed by atoms with Crippen LogP contribution < -0.4 is 10.7 Å². The zero-order chi connectivity index (χ0) is 16.8. The highest BCUT2D eigenvalue weighted by Crippen LogP contribution is 2.20. The van der Waals surface area contributed by atoms with Crippen LogP contribution >= 0.6 is 0 Å². The van der Waals surface area contributed by atoms with Gasteiger partial charge in [-0.25, -0.2) is 9.66 Å². The Balaban J connectivity index is 1.75. The van der Waals surface area contributed by atoms with Gasteiger partial charge in [0.1, 0.15) is 0 Å². The van der Waals surface area contributed by atoms with Gasteiger partial charge in [-0.2, -0.15) is 0 Å². The quantitative estimate of drug-likeness (QED) is 0.733. The van der Waals surface area contributed by atoms with Gasteiger partial charge in [0.05, 0.1) is 11.9 Å². The zero-order valence-electron chi connectivity index (χ0n) is 13.6. The van der Waals surface area contributed by atoms with Crippen LogP contribution in [0, 0.1) is 0 Å². The lowest BCUT2D eigenvalue weighted by molar-refractivity contribution is -0.115. The van der Waals surface area contributed by atoms with Gasteiger partial charge in [0.25, 0.3) is 0 Å². The molecule has 1 heterocycles. The summed E-state index contributed by atoms with van der Waals surface area (Å²) in [5.74, 6) is 0.484. The largest absolute Gasteiger partial charge is 0.354 e. The average Bonchev–Trinajstić information content (AvgIpc) is 2.99. The number of carbonyl (C=O) groups is 1. The lowest BCUT2D eigenvalue weighted by Crippen LogP contribution is -2.22. The minimum absolute atomic E-state index is 0.141. The maximum atomic E-state index is 11.4. The van der Waals surface area contributed by atoms with E-state index in [1.165, 1.54) is 12.5 Å². The Hall–Kier alpha value is -3.08. The Morgan fingerprint density at radius 2 is 1.71 bits per heavy atom. The molecule has 0 unspecified atom stereocenters. The third-order valence-corrected chi connectivity index (χ3v) is 3.59. The normalized spacial score (nSPS) is 10.4. The minimum Gasteiger partial charge on any atom is -0.354 e. The molecule has 1 aromatic heterocycles. The Morgan fingerprint density at radius 3 is 2.38 bits per heavy atom. The number of nitrogens with one attached hydrogen (secondary N) is 2. The van der Waals surface area contributed by atoms with E-state index < -0.39 is 0 Å². The fourth-order valence-electron chi connectivity index (χ4n) is 2.47. The summed E-state index contributed by atoms with van der Waals surface area (Å²) in [7, 11) is 0. The molecule has 5 heteroatoms. The lowest BCUT2D eigenvalue weighted by Gasteiger charge is -2.09. The number of rotatable bonds is 6. The van der Waals surface area contributed by atoms with Crippen molar-refractivity contribution in [3.63, 3.8) is 0 Å². The SMILES string of the molecule is CC(=O)Nn1cc(-c2ccccc2)nc1NCCc1ccccc1. The monoisotopic (exact) mass is 320 g/mol. The van der Waals surface area contributed by atoms with E-state index >= 15 is 0 Å². The van der Waals surface area contributed by atoms with Gasteiger partial charge in [0.15, 0.2) is 0 Å². The summed E-state index contributed by atoms with van der Waals surface area (Å²) >= 11 is 0. The number of carbonyl (C=O) groups excluding carboxylic acids is 1. The first-order valence-electron chi connectivity index (χ1n) is 7.92. The number of hydrogen-bond donors (Lipinski definition) is 2. The van der Waals surface area contributed by atoms with Gasteiger partial charge in [-0.1, -0.05) is 60.7 Å². The van der Waals surface area contributed by atoms with E-state index in [-0.39, 0.29) is 5.91 Å². The molecule has 3 aromatic rings. The molecule has 0 aliphatic carbocycles. The van der Waals surface area contributed by atoms with Crippen LogP contribution in [-0.2, 0) is 11.2 Å². The van der Waals surface area contributed by atoms with Crippen LogP contribution in [0.4, 0.5) is 5.95 Å². The molecule has 1 amide bonds. The second-order valence-corrected chi connectivity index (χ2v) is 5.52. The van der Waals surface area contributed by atoms with Crippen molar-refractivity contribution in [3.8, 4) is 11.3 Å². The molecular formula is C19H20N4O. The summed E-state index contributed by atoms with van der Waals surface area (Å²) in [4.78, 5) is 16.0. The lowest BCUT2D eigenvalue weighted by atomic mass is 10.1. The molecule has 2 aromatic carbocycles. The number of amides is 1. The molecule has 24 heavy (non-hydrogen) atoms. The van der Waals surface area contributed by atoms with Gasteiger partial charge in [-0.05, 0) is 12.0 Å². The van der Waals surface area contributed by atoms with Crippen molar-refractivity contribution < 1.29 is 4.79 Å². The Labute approximate surface area is 141 Å². The predicted molar refractivity (Wildman–Crippen MR) is 96.3 cm³/mol. The molecular weight excluding hydrogens is 300 g/mol. The summed E-state index contributed by atoms with van der Waals surface area (Å²) in [6.07, 6.45) is 2.70. The Bertz CT molecular complexity index is 797. The summed E-state index contributed by atoms with van der Waals surface area (Å²) in [6, 6.07) is 20.1. The number of hydrogen-bond acceptors (Lipinski definition) is 3. The molecule has 3 rings (SSSR count). The standard InChI is InChI=1S/C19H20N4O/c1-15(24)22-23-14-18(17-10-6-3-7-11-17)21-19(23)20-13-12-16-8-4-2-5-9-16/h2-11,14H,12-13H2,1H3,(H,20,21)(H,22,24). The average molecular weight is 320 g/mol. The van der Waals surface area contributed by atoms with E-state index in [9.17, 15) is 4.79 Å². The molecule has 0 bridgehead atoms. The first kappa shape index (κ1) is 15.8. The van der Waals surface area contributed by atoms with Gasteiger partial charge in [0.2, 0.25) is 11.9 Å². The van der Waals surface area contributed by atoms with E-state index in [4.69, 9.17) is 0 Å². The molecule has 5 nitrogen and oxygen atoms in total. The van der Waals surface area contributed by atoms with Crippen LogP contribution in [0.15, 0.2) is 66.9 Å². The number of benzene rings is 2. The first-order chi connectivity index (χ1) is 11.7.